The van der Waals surface area contributed by atoms with Crippen LogP contribution in [0.4, 0.5) is 5.69 Å². The van der Waals surface area contributed by atoms with Crippen LogP contribution in [0.1, 0.15) is 44.7 Å². The van der Waals surface area contributed by atoms with Gasteiger partial charge in [-0.25, -0.2) is 8.42 Å². The van der Waals surface area contributed by atoms with Gasteiger partial charge in [0.25, 0.3) is 10.0 Å². The lowest BCUT2D eigenvalue weighted by molar-refractivity contribution is -0.140. The number of sulfonamides is 1. The van der Waals surface area contributed by atoms with Crippen LogP contribution >= 0.6 is 23.2 Å². The molecule has 0 spiro atoms. The summed E-state index contributed by atoms with van der Waals surface area (Å²) in [5.74, 6) is -0.843. The number of rotatable bonds is 13. The summed E-state index contributed by atoms with van der Waals surface area (Å²) in [4.78, 5) is 28.8. The lowest BCUT2D eigenvalue weighted by atomic mass is 10.1. The van der Waals surface area contributed by atoms with E-state index in [1.165, 1.54) is 17.0 Å². The summed E-state index contributed by atoms with van der Waals surface area (Å²) in [6.45, 7) is 5.63. The van der Waals surface area contributed by atoms with E-state index in [1.807, 2.05) is 32.9 Å². The van der Waals surface area contributed by atoms with Crippen molar-refractivity contribution in [2.45, 2.75) is 57.5 Å². The Labute approximate surface area is 247 Å². The van der Waals surface area contributed by atoms with E-state index in [9.17, 15) is 18.0 Å². The highest BCUT2D eigenvalue weighted by Gasteiger charge is 2.34. The molecule has 0 aliphatic rings. The molecule has 40 heavy (non-hydrogen) atoms. The second kappa shape index (κ2) is 14.5. The van der Waals surface area contributed by atoms with Crippen molar-refractivity contribution in [1.29, 1.82) is 0 Å². The Balaban J connectivity index is 2.10. The maximum absolute atomic E-state index is 14.1. The molecular formula is C30H35Cl2N3O4S. The number of halogens is 2. The fourth-order valence-electron chi connectivity index (χ4n) is 4.41. The zero-order valence-electron chi connectivity index (χ0n) is 22.9. The maximum Gasteiger partial charge on any atom is 0.264 e. The van der Waals surface area contributed by atoms with Crippen molar-refractivity contribution in [3.63, 3.8) is 0 Å². The molecule has 0 saturated heterocycles. The van der Waals surface area contributed by atoms with Gasteiger partial charge in [-0.3, -0.25) is 13.9 Å². The van der Waals surface area contributed by atoms with E-state index in [0.717, 1.165) is 16.3 Å². The summed E-state index contributed by atoms with van der Waals surface area (Å²) < 4.78 is 29.1. The Morgan fingerprint density at radius 2 is 1.57 bits per heavy atom. The molecule has 1 atom stereocenters. The average Bonchev–Trinajstić information content (AvgIpc) is 2.96. The molecule has 0 bridgehead atoms. The first-order valence-electron chi connectivity index (χ1n) is 13.3. The van der Waals surface area contributed by atoms with Gasteiger partial charge in [-0.15, -0.1) is 0 Å². The van der Waals surface area contributed by atoms with Crippen molar-refractivity contribution in [1.82, 2.24) is 10.2 Å². The van der Waals surface area contributed by atoms with E-state index in [0.29, 0.717) is 40.7 Å². The van der Waals surface area contributed by atoms with Crippen LogP contribution < -0.4 is 9.62 Å². The van der Waals surface area contributed by atoms with Crippen LogP contribution in [0.15, 0.2) is 77.7 Å². The van der Waals surface area contributed by atoms with Crippen LogP contribution in [-0.4, -0.2) is 44.3 Å². The van der Waals surface area contributed by atoms with Crippen LogP contribution in [-0.2, 0) is 32.6 Å². The lowest BCUT2D eigenvalue weighted by Gasteiger charge is -2.34. The maximum atomic E-state index is 14.1. The van der Waals surface area contributed by atoms with Crippen LogP contribution in [0.25, 0.3) is 0 Å². The molecule has 0 heterocycles. The van der Waals surface area contributed by atoms with Gasteiger partial charge in [0.05, 0.1) is 10.6 Å². The number of carbonyl (C=O) groups is 2. The van der Waals surface area contributed by atoms with E-state index >= 15 is 0 Å². The quantitative estimate of drug-likeness (QED) is 0.256. The number of anilines is 1. The Kier molecular flexibility index (Phi) is 11.4. The molecular weight excluding hydrogens is 569 g/mol. The lowest BCUT2D eigenvalue weighted by Crippen LogP contribution is -2.52. The Morgan fingerprint density at radius 3 is 2.20 bits per heavy atom. The summed E-state index contributed by atoms with van der Waals surface area (Å²) in [6, 6.07) is 19.2. The summed E-state index contributed by atoms with van der Waals surface area (Å²) >= 11 is 12.5. The number of para-hydroxylation sites is 1. The third kappa shape index (κ3) is 7.56. The zero-order chi connectivity index (χ0) is 29.3. The predicted molar refractivity (Wildman–Crippen MR) is 161 cm³/mol. The normalized spacial score (nSPS) is 12.0. The minimum atomic E-state index is -4.13. The second-order valence-corrected chi connectivity index (χ2v) is 12.0. The largest absolute Gasteiger partial charge is 0.354 e. The Morgan fingerprint density at radius 1 is 0.900 bits per heavy atom. The first-order chi connectivity index (χ1) is 19.1. The molecule has 0 aliphatic carbocycles. The van der Waals surface area contributed by atoms with Gasteiger partial charge in [0, 0.05) is 23.1 Å². The fraction of sp³-hybridized carbons (Fsp3) is 0.333. The van der Waals surface area contributed by atoms with Gasteiger partial charge < -0.3 is 10.2 Å². The van der Waals surface area contributed by atoms with Gasteiger partial charge in [-0.1, -0.05) is 86.4 Å². The summed E-state index contributed by atoms with van der Waals surface area (Å²) in [5, 5.41) is 3.66. The number of amides is 2. The van der Waals surface area contributed by atoms with E-state index in [2.05, 4.69) is 5.32 Å². The van der Waals surface area contributed by atoms with Gasteiger partial charge in [0.15, 0.2) is 0 Å². The molecule has 0 aromatic heterocycles. The molecule has 214 valence electrons. The number of hydrogen-bond acceptors (Lipinski definition) is 4. The fourth-order valence-corrected chi connectivity index (χ4v) is 6.35. The highest BCUT2D eigenvalue weighted by atomic mass is 35.5. The molecule has 3 rings (SSSR count). The highest BCUT2D eigenvalue weighted by Crippen LogP contribution is 2.29. The Bertz CT molecular complexity index is 1420. The third-order valence-electron chi connectivity index (χ3n) is 6.54. The molecule has 0 unspecified atom stereocenters. The van der Waals surface area contributed by atoms with Crippen molar-refractivity contribution in [3.05, 3.63) is 94.0 Å². The minimum Gasteiger partial charge on any atom is -0.354 e. The molecule has 3 aromatic rings. The van der Waals surface area contributed by atoms with Crippen molar-refractivity contribution < 1.29 is 18.0 Å². The summed E-state index contributed by atoms with van der Waals surface area (Å²) in [5.41, 5.74) is 1.78. The first kappa shape index (κ1) is 31.5. The molecule has 0 fully saturated rings. The molecule has 3 aromatic carbocycles. The van der Waals surface area contributed by atoms with Gasteiger partial charge in [-0.2, -0.15) is 0 Å². The highest BCUT2D eigenvalue weighted by molar-refractivity contribution is 7.92. The second-order valence-electron chi connectivity index (χ2n) is 9.28. The van der Waals surface area contributed by atoms with Crippen LogP contribution in [0, 0.1) is 0 Å². The third-order valence-corrected chi connectivity index (χ3v) is 8.90. The molecule has 0 saturated carbocycles. The molecule has 10 heteroatoms. The number of benzene rings is 3. The van der Waals surface area contributed by atoms with Gasteiger partial charge in [-0.05, 0) is 60.7 Å². The average molecular weight is 605 g/mol. The summed E-state index contributed by atoms with van der Waals surface area (Å²) in [7, 11) is -4.13. The van der Waals surface area contributed by atoms with E-state index in [1.54, 1.807) is 48.5 Å². The van der Waals surface area contributed by atoms with Gasteiger partial charge >= 0.3 is 0 Å². The monoisotopic (exact) mass is 603 g/mol. The predicted octanol–water partition coefficient (Wildman–Crippen LogP) is 6.08. The van der Waals surface area contributed by atoms with E-state index in [-0.39, 0.29) is 17.3 Å². The standard InChI is InChI=1S/C30H35Cl2N3O4S/c1-4-18-33-30(37)27(6-3)34(20-23-16-17-24(31)19-26(23)32)29(36)21-35(28-15-11-10-12-22(28)5-2)40(38,39)25-13-8-7-9-14-25/h7-17,19,27H,4-6,18,20-21H2,1-3H3,(H,33,37)/t27-/m1/s1. The SMILES string of the molecule is CCCNC(=O)[C@@H](CC)N(Cc1ccc(Cl)cc1Cl)C(=O)CN(c1ccccc1CC)S(=O)(=O)c1ccccc1. The van der Waals surface area contributed by atoms with E-state index in [4.69, 9.17) is 23.2 Å². The first-order valence-corrected chi connectivity index (χ1v) is 15.5. The van der Waals surface area contributed by atoms with Crippen molar-refractivity contribution >= 4 is 50.7 Å². The summed E-state index contributed by atoms with van der Waals surface area (Å²) in [6.07, 6.45) is 1.62. The smallest absolute Gasteiger partial charge is 0.264 e. The molecule has 1 N–H and O–H groups in total. The van der Waals surface area contributed by atoms with Crippen LogP contribution in [0.2, 0.25) is 10.0 Å². The number of carbonyl (C=O) groups excluding carboxylic acids is 2. The molecule has 7 nitrogen and oxygen atoms in total. The minimum absolute atomic E-state index is 0.00152. The number of nitrogens with zero attached hydrogens (tertiary/aromatic N) is 2. The zero-order valence-corrected chi connectivity index (χ0v) is 25.3. The van der Waals surface area contributed by atoms with Crippen LogP contribution in [0.5, 0.6) is 0 Å². The molecule has 2 amide bonds. The number of hydrogen-bond donors (Lipinski definition) is 1. The topological polar surface area (TPSA) is 86.8 Å². The van der Waals surface area contributed by atoms with E-state index < -0.39 is 28.5 Å². The van der Waals surface area contributed by atoms with Crippen molar-refractivity contribution in [2.24, 2.45) is 0 Å². The van der Waals surface area contributed by atoms with Crippen molar-refractivity contribution in [3.8, 4) is 0 Å². The van der Waals surface area contributed by atoms with Gasteiger partial charge in [0.1, 0.15) is 12.6 Å². The van der Waals surface area contributed by atoms with Gasteiger partial charge in [0.2, 0.25) is 11.8 Å². The molecule has 0 radical (unpaired) electrons. The molecule has 0 aliphatic heterocycles. The number of nitrogens with one attached hydrogen (secondary N) is 1. The Hall–Kier alpha value is -3.07. The number of aryl methyl sites for hydroxylation is 1. The van der Waals surface area contributed by atoms with Crippen molar-refractivity contribution in [2.75, 3.05) is 17.4 Å². The van der Waals surface area contributed by atoms with Crippen LogP contribution in [0.3, 0.4) is 0 Å².